The summed E-state index contributed by atoms with van der Waals surface area (Å²) in [5.74, 6) is 5.80. The lowest BCUT2D eigenvalue weighted by Gasteiger charge is -2.03. The third-order valence-corrected chi connectivity index (χ3v) is 3.66. The Balaban J connectivity index is 0.000000235. The van der Waals surface area contributed by atoms with Crippen LogP contribution in [-0.2, 0) is 0 Å². The summed E-state index contributed by atoms with van der Waals surface area (Å²) >= 11 is 0. The van der Waals surface area contributed by atoms with Gasteiger partial charge in [-0.05, 0) is 49.2 Å². The molecule has 0 radical (unpaired) electrons. The summed E-state index contributed by atoms with van der Waals surface area (Å²) in [6.07, 6.45) is 5.17. The van der Waals surface area contributed by atoms with E-state index in [2.05, 4.69) is 68.2 Å². The molecule has 112 valence electrons. The smallest absolute Gasteiger partial charge is 0.127 e. The zero-order valence-corrected chi connectivity index (χ0v) is 15.2. The second-order valence-corrected chi connectivity index (χ2v) is 11.1. The lowest BCUT2D eigenvalue weighted by Crippen LogP contribution is -2.16. The van der Waals surface area contributed by atoms with Crippen LogP contribution in [0.15, 0.2) is 48.5 Å². The summed E-state index contributed by atoms with van der Waals surface area (Å²) in [5.41, 5.74) is 7.94. The highest BCUT2D eigenvalue weighted by Crippen LogP contribution is 2.03. The Bertz CT molecular complexity index is 716. The van der Waals surface area contributed by atoms with Crippen LogP contribution in [-0.4, -0.2) is 8.07 Å². The second kappa shape index (κ2) is 8.28. The number of benzene rings is 2. The van der Waals surface area contributed by atoms with Gasteiger partial charge in [0.25, 0.3) is 0 Å². The zero-order valence-electron chi connectivity index (χ0n) is 14.2. The monoisotopic (exact) mass is 304 g/mol. The van der Waals surface area contributed by atoms with Gasteiger partial charge in [0.05, 0.1) is 0 Å². The fourth-order valence-corrected chi connectivity index (χ4v) is 2.24. The van der Waals surface area contributed by atoms with Crippen molar-refractivity contribution in [3.63, 3.8) is 0 Å². The Hall–Kier alpha value is -2.22. The van der Waals surface area contributed by atoms with Crippen LogP contribution in [0.25, 0.3) is 0 Å². The van der Waals surface area contributed by atoms with Gasteiger partial charge in [0.2, 0.25) is 0 Å². The van der Waals surface area contributed by atoms with Crippen molar-refractivity contribution in [3.8, 4) is 23.8 Å². The summed E-state index contributed by atoms with van der Waals surface area (Å²) in [5, 5.41) is 0. The first-order chi connectivity index (χ1) is 10.3. The molecule has 0 fully saturated rings. The largest absolute Gasteiger partial charge is 0.129 e. The van der Waals surface area contributed by atoms with Gasteiger partial charge in [-0.25, -0.2) is 0 Å². The molecule has 0 unspecified atom stereocenters. The van der Waals surface area contributed by atoms with Gasteiger partial charge in [-0.3, -0.25) is 0 Å². The molecule has 0 aliphatic carbocycles. The molecule has 0 aliphatic rings. The Morgan fingerprint density at radius 1 is 0.818 bits per heavy atom. The number of hydrogen-bond acceptors (Lipinski definition) is 0. The molecule has 0 heterocycles. The minimum atomic E-state index is -1.22. The van der Waals surface area contributed by atoms with Gasteiger partial charge >= 0.3 is 0 Å². The molecule has 0 amide bonds. The van der Waals surface area contributed by atoms with Crippen LogP contribution in [0.1, 0.15) is 22.3 Å². The molecule has 0 bridgehead atoms. The highest BCUT2D eigenvalue weighted by atomic mass is 28.3. The summed E-state index contributed by atoms with van der Waals surface area (Å²) in [7, 11) is -1.22. The Morgan fingerprint density at radius 3 is 1.73 bits per heavy atom. The summed E-state index contributed by atoms with van der Waals surface area (Å²) in [6, 6.07) is 16.3. The molecule has 22 heavy (non-hydrogen) atoms. The molecule has 2 rings (SSSR count). The van der Waals surface area contributed by atoms with Crippen LogP contribution in [0, 0.1) is 37.7 Å². The first-order valence-corrected chi connectivity index (χ1v) is 10.9. The van der Waals surface area contributed by atoms with E-state index in [0.29, 0.717) is 0 Å². The highest BCUT2D eigenvalue weighted by molar-refractivity contribution is 6.83. The van der Waals surface area contributed by atoms with E-state index < -0.39 is 8.07 Å². The Labute approximate surface area is 136 Å². The molecule has 0 saturated heterocycles. The molecular weight excluding hydrogens is 280 g/mol. The van der Waals surface area contributed by atoms with Crippen LogP contribution in [0.4, 0.5) is 0 Å². The van der Waals surface area contributed by atoms with Crippen molar-refractivity contribution in [3.05, 3.63) is 70.8 Å². The molecule has 2 aromatic rings. The second-order valence-electron chi connectivity index (χ2n) is 6.38. The third kappa shape index (κ3) is 7.53. The molecule has 0 aliphatic heterocycles. The van der Waals surface area contributed by atoms with Gasteiger partial charge in [-0.15, -0.1) is 12.0 Å². The number of hydrogen-bond donors (Lipinski definition) is 0. The Morgan fingerprint density at radius 2 is 1.32 bits per heavy atom. The van der Waals surface area contributed by atoms with Crippen molar-refractivity contribution in [1.29, 1.82) is 0 Å². The highest BCUT2D eigenvalue weighted by Gasteiger charge is 2.07. The van der Waals surface area contributed by atoms with Crippen molar-refractivity contribution in [2.45, 2.75) is 33.5 Å². The lowest BCUT2D eigenvalue weighted by atomic mass is 10.1. The number of terminal acetylenes is 1. The average molecular weight is 305 g/mol. The SMILES string of the molecule is C#Cc1cccc(C)c1.Cc1cccc(C#C[Si](C)(C)C)c1. The van der Waals surface area contributed by atoms with E-state index in [0.717, 1.165) is 11.1 Å². The zero-order chi connectivity index (χ0) is 16.6. The maximum atomic E-state index is 5.17. The van der Waals surface area contributed by atoms with Crippen molar-refractivity contribution < 1.29 is 0 Å². The van der Waals surface area contributed by atoms with Crippen LogP contribution in [0.3, 0.4) is 0 Å². The minimum absolute atomic E-state index is 0.954. The first-order valence-electron chi connectivity index (χ1n) is 7.43. The molecule has 0 aromatic heterocycles. The van der Waals surface area contributed by atoms with E-state index in [1.807, 2.05) is 31.2 Å². The summed E-state index contributed by atoms with van der Waals surface area (Å²) in [6.45, 7) is 10.9. The fraction of sp³-hybridized carbons (Fsp3) is 0.238. The molecule has 0 atom stereocenters. The van der Waals surface area contributed by atoms with Crippen LogP contribution < -0.4 is 0 Å². The van der Waals surface area contributed by atoms with E-state index in [9.17, 15) is 0 Å². The van der Waals surface area contributed by atoms with Crippen molar-refractivity contribution >= 4 is 8.07 Å². The Kier molecular flexibility index (Phi) is 6.71. The quantitative estimate of drug-likeness (QED) is 0.463. The standard InChI is InChI=1S/C12H16Si.C9H8/c1-11-6-5-7-12(10-11)8-9-13(2,3)4;1-3-9-6-4-5-8(2)7-9/h5-7,10H,1-4H3;1,4-7H,2H3. The van der Waals surface area contributed by atoms with Crippen LogP contribution in [0.5, 0.6) is 0 Å². The third-order valence-electron chi connectivity index (χ3n) is 2.78. The molecule has 1 heteroatoms. The van der Waals surface area contributed by atoms with Crippen molar-refractivity contribution in [2.75, 3.05) is 0 Å². The predicted octanol–water partition coefficient (Wildman–Crippen LogP) is 5.20. The van der Waals surface area contributed by atoms with E-state index in [4.69, 9.17) is 6.42 Å². The topological polar surface area (TPSA) is 0 Å². The molecule has 0 saturated carbocycles. The van der Waals surface area contributed by atoms with Gasteiger partial charge in [-0.2, -0.15) is 0 Å². The lowest BCUT2D eigenvalue weighted by molar-refractivity contribution is 1.46. The maximum Gasteiger partial charge on any atom is 0.129 e. The average Bonchev–Trinajstić information content (AvgIpc) is 2.45. The van der Waals surface area contributed by atoms with Crippen LogP contribution >= 0.6 is 0 Å². The molecule has 0 spiro atoms. The van der Waals surface area contributed by atoms with E-state index >= 15 is 0 Å². The first kappa shape index (κ1) is 17.8. The predicted molar refractivity (Wildman–Crippen MR) is 101 cm³/mol. The van der Waals surface area contributed by atoms with Gasteiger partial charge in [0.1, 0.15) is 8.07 Å². The summed E-state index contributed by atoms with van der Waals surface area (Å²) < 4.78 is 0. The van der Waals surface area contributed by atoms with E-state index in [1.54, 1.807) is 0 Å². The normalized spacial score (nSPS) is 9.64. The van der Waals surface area contributed by atoms with Gasteiger partial charge < -0.3 is 0 Å². The molecule has 2 aromatic carbocycles. The molecular formula is C21H24Si. The van der Waals surface area contributed by atoms with E-state index in [1.165, 1.54) is 11.1 Å². The van der Waals surface area contributed by atoms with Gasteiger partial charge in [0, 0.05) is 11.1 Å². The van der Waals surface area contributed by atoms with Crippen LogP contribution in [0.2, 0.25) is 19.6 Å². The fourth-order valence-electron chi connectivity index (χ4n) is 1.72. The summed E-state index contributed by atoms with van der Waals surface area (Å²) in [4.78, 5) is 0. The molecule has 0 nitrogen and oxygen atoms in total. The van der Waals surface area contributed by atoms with Gasteiger partial charge in [0.15, 0.2) is 0 Å². The maximum absolute atomic E-state index is 5.17. The van der Waals surface area contributed by atoms with E-state index in [-0.39, 0.29) is 0 Å². The van der Waals surface area contributed by atoms with Crippen molar-refractivity contribution in [1.82, 2.24) is 0 Å². The van der Waals surface area contributed by atoms with Crippen molar-refractivity contribution in [2.24, 2.45) is 0 Å². The minimum Gasteiger partial charge on any atom is -0.127 e. The number of rotatable bonds is 0. The van der Waals surface area contributed by atoms with Gasteiger partial charge in [-0.1, -0.05) is 55.7 Å². The number of aryl methyl sites for hydroxylation is 2. The molecule has 0 N–H and O–H groups in total.